The predicted octanol–water partition coefficient (Wildman–Crippen LogP) is 13.7. The maximum absolute atomic E-state index is 12.6. The number of unbranched alkanes of at least 4 members (excludes halogenated alkanes) is 32. The van der Waals surface area contributed by atoms with Crippen molar-refractivity contribution < 1.29 is 32.8 Å². The van der Waals surface area contributed by atoms with Crippen LogP contribution in [0.3, 0.4) is 0 Å². The molecule has 0 amide bonds. The van der Waals surface area contributed by atoms with E-state index in [0.29, 0.717) is 13.0 Å². The molecule has 2 atom stereocenters. The van der Waals surface area contributed by atoms with E-state index >= 15 is 0 Å². The van der Waals surface area contributed by atoms with E-state index in [1.165, 1.54) is 186 Å². The molecule has 0 saturated heterocycles. The van der Waals surface area contributed by atoms with Gasteiger partial charge in [0.05, 0.1) is 19.8 Å². The topological polar surface area (TPSA) is 117 Å². The summed E-state index contributed by atoms with van der Waals surface area (Å²) in [5.74, 6) is -0.325. The Kier molecular flexibility index (Phi) is 42.2. The molecule has 0 rings (SSSR count). The van der Waals surface area contributed by atoms with E-state index in [1.54, 1.807) is 0 Å². The number of phosphoric acid groups is 1. The van der Waals surface area contributed by atoms with Gasteiger partial charge < -0.3 is 20.1 Å². The second kappa shape index (κ2) is 42.6. The first-order valence-corrected chi connectivity index (χ1v) is 24.5. The molecule has 0 spiro atoms. The minimum Gasteiger partial charge on any atom is -0.457 e. The Morgan fingerprint density at radius 2 is 0.830 bits per heavy atom. The molecule has 0 aliphatic heterocycles. The van der Waals surface area contributed by atoms with Crippen molar-refractivity contribution in [1.82, 2.24) is 0 Å². The van der Waals surface area contributed by atoms with Gasteiger partial charge >= 0.3 is 13.8 Å². The fraction of sp³-hybridized carbons (Fsp3) is 0.977. The molecular weight excluding hydrogens is 685 g/mol. The molecule has 0 aliphatic carbocycles. The molecule has 0 aromatic rings. The van der Waals surface area contributed by atoms with Gasteiger partial charge in [0.25, 0.3) is 0 Å². The van der Waals surface area contributed by atoms with Crippen molar-refractivity contribution in [2.75, 3.05) is 33.0 Å². The van der Waals surface area contributed by atoms with Gasteiger partial charge in [-0.3, -0.25) is 13.8 Å². The van der Waals surface area contributed by atoms with Gasteiger partial charge in [0.1, 0.15) is 6.10 Å². The summed E-state index contributed by atoms with van der Waals surface area (Å²) < 4.78 is 33.4. The van der Waals surface area contributed by atoms with Crippen LogP contribution in [0.2, 0.25) is 0 Å². The molecule has 3 N–H and O–H groups in total. The van der Waals surface area contributed by atoms with Crippen molar-refractivity contribution in [2.24, 2.45) is 5.73 Å². The molecule has 2 unspecified atom stereocenters. The minimum absolute atomic E-state index is 0.0901. The van der Waals surface area contributed by atoms with E-state index in [0.717, 1.165) is 32.1 Å². The van der Waals surface area contributed by atoms with Crippen molar-refractivity contribution in [3.8, 4) is 0 Å². The summed E-state index contributed by atoms with van der Waals surface area (Å²) in [7, 11) is -4.27. The van der Waals surface area contributed by atoms with Crippen LogP contribution in [0, 0.1) is 0 Å². The van der Waals surface area contributed by atoms with E-state index in [4.69, 9.17) is 24.3 Å². The van der Waals surface area contributed by atoms with Gasteiger partial charge in [-0.15, -0.1) is 0 Å². The average Bonchev–Trinajstić information content (AvgIpc) is 3.15. The predicted molar refractivity (Wildman–Crippen MR) is 224 cm³/mol. The second-order valence-electron chi connectivity index (χ2n) is 15.6. The number of rotatable bonds is 45. The first-order valence-electron chi connectivity index (χ1n) is 23.0. The first-order chi connectivity index (χ1) is 25.9. The molecule has 9 heteroatoms. The Morgan fingerprint density at radius 1 is 0.491 bits per heavy atom. The summed E-state index contributed by atoms with van der Waals surface area (Å²) in [5, 5.41) is 0. The van der Waals surface area contributed by atoms with Crippen LogP contribution in [-0.2, 0) is 27.9 Å². The Hall–Kier alpha value is -0.500. The lowest BCUT2D eigenvalue weighted by molar-refractivity contribution is -0.154. The fourth-order valence-electron chi connectivity index (χ4n) is 6.88. The molecular formula is C44H90NO7P. The monoisotopic (exact) mass is 776 g/mol. The zero-order valence-corrected chi connectivity index (χ0v) is 36.2. The number of phosphoric ester groups is 1. The highest BCUT2D eigenvalue weighted by atomic mass is 31.2. The van der Waals surface area contributed by atoms with E-state index in [2.05, 4.69) is 13.8 Å². The quantitative estimate of drug-likeness (QED) is 0.0357. The Morgan fingerprint density at radius 3 is 1.19 bits per heavy atom. The lowest BCUT2D eigenvalue weighted by atomic mass is 10.0. The number of carbonyl (C=O) groups is 1. The maximum Gasteiger partial charge on any atom is 0.472 e. The number of nitrogens with two attached hydrogens (primary N) is 1. The van der Waals surface area contributed by atoms with E-state index in [-0.39, 0.29) is 32.3 Å². The van der Waals surface area contributed by atoms with E-state index in [9.17, 15) is 14.3 Å². The summed E-state index contributed by atoms with van der Waals surface area (Å²) >= 11 is 0. The highest BCUT2D eigenvalue weighted by Gasteiger charge is 2.25. The normalized spacial score (nSPS) is 13.4. The van der Waals surface area contributed by atoms with Crippen LogP contribution < -0.4 is 5.73 Å². The lowest BCUT2D eigenvalue weighted by Gasteiger charge is -2.20. The van der Waals surface area contributed by atoms with Crippen molar-refractivity contribution >= 4 is 13.8 Å². The standard InChI is InChI=1S/C44H90NO7P/c1-3-5-7-9-11-13-15-17-18-19-20-21-22-23-24-25-26-28-30-32-34-36-39-49-41-43(42-51-53(47,48)50-40-38-45)52-44(46)37-35-33-31-29-27-16-14-12-10-8-6-4-2/h43H,3-42,45H2,1-2H3,(H,47,48). The molecule has 0 aliphatic rings. The van der Waals surface area contributed by atoms with Gasteiger partial charge in [-0.05, 0) is 12.8 Å². The average molecular weight is 776 g/mol. The molecule has 0 aromatic carbocycles. The van der Waals surface area contributed by atoms with Crippen molar-refractivity contribution in [3.05, 3.63) is 0 Å². The van der Waals surface area contributed by atoms with Gasteiger partial charge in [0, 0.05) is 19.6 Å². The van der Waals surface area contributed by atoms with Gasteiger partial charge in [-0.2, -0.15) is 0 Å². The highest BCUT2D eigenvalue weighted by Crippen LogP contribution is 2.43. The third-order valence-corrected chi connectivity index (χ3v) is 11.3. The minimum atomic E-state index is -4.27. The van der Waals surface area contributed by atoms with Crippen LogP contribution in [-0.4, -0.2) is 49.9 Å². The summed E-state index contributed by atoms with van der Waals surface area (Å²) in [6.07, 6.45) is 44.2. The summed E-state index contributed by atoms with van der Waals surface area (Å²) in [5.41, 5.74) is 5.37. The zero-order chi connectivity index (χ0) is 38.8. The molecule has 8 nitrogen and oxygen atoms in total. The molecule has 0 heterocycles. The molecule has 0 saturated carbocycles. The number of hydrogen-bond donors (Lipinski definition) is 2. The van der Waals surface area contributed by atoms with Crippen LogP contribution >= 0.6 is 7.82 Å². The third-order valence-electron chi connectivity index (χ3n) is 10.3. The first kappa shape index (κ1) is 52.5. The van der Waals surface area contributed by atoms with Crippen LogP contribution in [0.15, 0.2) is 0 Å². The Balaban J connectivity index is 3.87. The molecule has 0 aromatic heterocycles. The smallest absolute Gasteiger partial charge is 0.457 e. The molecule has 0 radical (unpaired) electrons. The maximum atomic E-state index is 12.6. The third kappa shape index (κ3) is 42.5. The van der Waals surface area contributed by atoms with Gasteiger partial charge in [0.2, 0.25) is 0 Å². The van der Waals surface area contributed by atoms with E-state index in [1.807, 2.05) is 0 Å². The molecule has 0 bridgehead atoms. The van der Waals surface area contributed by atoms with Crippen LogP contribution in [0.1, 0.15) is 239 Å². The van der Waals surface area contributed by atoms with Gasteiger partial charge in [0.15, 0.2) is 0 Å². The lowest BCUT2D eigenvalue weighted by Crippen LogP contribution is -2.28. The number of carbonyl (C=O) groups excluding carboxylic acids is 1. The summed E-state index contributed by atoms with van der Waals surface area (Å²) in [6.45, 7) is 4.98. The summed E-state index contributed by atoms with van der Waals surface area (Å²) in [6, 6.07) is 0. The zero-order valence-electron chi connectivity index (χ0n) is 35.3. The second-order valence-corrected chi connectivity index (χ2v) is 17.1. The molecule has 318 valence electrons. The Bertz CT molecular complexity index is 787. The fourth-order valence-corrected chi connectivity index (χ4v) is 7.65. The van der Waals surface area contributed by atoms with Crippen LogP contribution in [0.25, 0.3) is 0 Å². The van der Waals surface area contributed by atoms with Crippen molar-refractivity contribution in [2.45, 2.75) is 245 Å². The van der Waals surface area contributed by atoms with Crippen LogP contribution in [0.5, 0.6) is 0 Å². The van der Waals surface area contributed by atoms with Crippen molar-refractivity contribution in [3.63, 3.8) is 0 Å². The van der Waals surface area contributed by atoms with Gasteiger partial charge in [-0.25, -0.2) is 4.57 Å². The van der Waals surface area contributed by atoms with Crippen molar-refractivity contribution in [1.29, 1.82) is 0 Å². The summed E-state index contributed by atoms with van der Waals surface area (Å²) in [4.78, 5) is 22.4. The number of ether oxygens (including phenoxy) is 2. The SMILES string of the molecule is CCCCCCCCCCCCCCCCCCCCCCCCOCC(COP(=O)(O)OCCN)OC(=O)CCCCCCCCCCCCCC. The Labute approximate surface area is 329 Å². The largest absolute Gasteiger partial charge is 0.472 e. The molecule has 0 fully saturated rings. The highest BCUT2D eigenvalue weighted by molar-refractivity contribution is 7.47. The number of esters is 1. The van der Waals surface area contributed by atoms with E-state index < -0.39 is 13.9 Å². The van der Waals surface area contributed by atoms with Crippen LogP contribution in [0.4, 0.5) is 0 Å². The molecule has 53 heavy (non-hydrogen) atoms. The number of hydrogen-bond acceptors (Lipinski definition) is 7. The van der Waals surface area contributed by atoms with Gasteiger partial charge in [-0.1, -0.05) is 219 Å².